The van der Waals surface area contributed by atoms with E-state index >= 15 is 0 Å². The molecule has 2 aliphatic heterocycles. The van der Waals surface area contributed by atoms with E-state index in [-0.39, 0.29) is 23.4 Å². The molecule has 3 heterocycles. The third-order valence-corrected chi connectivity index (χ3v) is 7.28. The van der Waals surface area contributed by atoms with Crippen LogP contribution in [0.1, 0.15) is 36.7 Å². The lowest BCUT2D eigenvalue weighted by molar-refractivity contribution is -0.173. The van der Waals surface area contributed by atoms with Crippen LogP contribution in [0.3, 0.4) is 0 Å². The van der Waals surface area contributed by atoms with Gasteiger partial charge in [-0.05, 0) is 55.0 Å². The molecule has 0 radical (unpaired) electrons. The molecule has 1 fully saturated rings. The number of hydrogen-bond donors (Lipinski definition) is 1. The summed E-state index contributed by atoms with van der Waals surface area (Å²) in [6, 6.07) is 6.34. The summed E-state index contributed by atoms with van der Waals surface area (Å²) in [5.41, 5.74) is 0.620. The molecule has 4 rings (SSSR count). The smallest absolute Gasteiger partial charge is 0.261 e. The lowest BCUT2D eigenvalue weighted by Crippen LogP contribution is -2.33. The second-order valence-electron chi connectivity index (χ2n) is 7.93. The van der Waals surface area contributed by atoms with Gasteiger partial charge in [-0.25, -0.2) is 14.3 Å². The first-order chi connectivity index (χ1) is 14.7. The van der Waals surface area contributed by atoms with Crippen LogP contribution in [-0.2, 0) is 19.4 Å². The summed E-state index contributed by atoms with van der Waals surface area (Å²) in [7, 11) is -1.84. The van der Waals surface area contributed by atoms with Crippen LogP contribution in [0, 0.1) is 5.82 Å². The molecular formula is C21H24FN3O5S. The summed E-state index contributed by atoms with van der Waals surface area (Å²) >= 11 is 0. The van der Waals surface area contributed by atoms with E-state index < -0.39 is 21.7 Å². The van der Waals surface area contributed by atoms with Gasteiger partial charge in [0.2, 0.25) is 11.8 Å². The summed E-state index contributed by atoms with van der Waals surface area (Å²) in [4.78, 5) is 36.3. The topological polar surface area (TPSA) is 90.0 Å². The average molecular weight is 450 g/mol. The number of benzene rings is 1. The predicted molar refractivity (Wildman–Crippen MR) is 115 cm³/mol. The molecule has 8 nitrogen and oxygen atoms in total. The van der Waals surface area contributed by atoms with Gasteiger partial charge in [-0.1, -0.05) is 0 Å². The fraction of sp³-hybridized carbons (Fsp3) is 0.381. The van der Waals surface area contributed by atoms with Gasteiger partial charge in [-0.15, -0.1) is 0 Å². The van der Waals surface area contributed by atoms with Crippen molar-refractivity contribution in [1.82, 2.24) is 9.71 Å². The highest BCUT2D eigenvalue weighted by Crippen LogP contribution is 2.48. The second-order valence-corrected chi connectivity index (χ2v) is 10.7. The highest BCUT2D eigenvalue weighted by atomic mass is 32.3. The first-order valence-electron chi connectivity index (χ1n) is 9.83. The van der Waals surface area contributed by atoms with Crippen molar-refractivity contribution in [1.29, 1.82) is 0 Å². The Morgan fingerprint density at radius 2 is 2.13 bits per heavy atom. The van der Waals surface area contributed by atoms with Gasteiger partial charge in [-0.3, -0.25) is 19.2 Å². The number of pyridine rings is 1. The Morgan fingerprint density at radius 1 is 1.35 bits per heavy atom. The number of amides is 2. The highest BCUT2D eigenvalue weighted by molar-refractivity contribution is 8.28. The van der Waals surface area contributed by atoms with Crippen LogP contribution < -0.4 is 14.4 Å². The third kappa shape index (κ3) is 3.75. The minimum Gasteiger partial charge on any atom is -0.478 e. The van der Waals surface area contributed by atoms with Crippen molar-refractivity contribution in [2.45, 2.75) is 26.2 Å². The number of nitrogens with zero attached hydrogens (tertiary/aromatic N) is 2. The number of nitrogens with one attached hydrogen (secondary N) is 1. The molecule has 31 heavy (non-hydrogen) atoms. The van der Waals surface area contributed by atoms with Crippen LogP contribution in [-0.4, -0.2) is 42.0 Å². The average Bonchev–Trinajstić information content (AvgIpc) is 3.23. The fourth-order valence-electron chi connectivity index (χ4n) is 3.61. The molecule has 1 atom stereocenters. The molecule has 1 aromatic heterocycles. The Balaban J connectivity index is 1.72. The lowest BCUT2D eigenvalue weighted by atomic mass is 9.85. The van der Waals surface area contributed by atoms with Crippen LogP contribution in [0.15, 0.2) is 30.5 Å². The Hall–Kier alpha value is -2.69. The minimum absolute atomic E-state index is 0.0564. The molecule has 0 saturated carbocycles. The molecule has 166 valence electrons. The predicted octanol–water partition coefficient (Wildman–Crippen LogP) is 3.53. The van der Waals surface area contributed by atoms with Gasteiger partial charge in [0.05, 0.1) is 36.2 Å². The maximum Gasteiger partial charge on any atom is 0.261 e. The first-order valence-corrected chi connectivity index (χ1v) is 12.0. The Morgan fingerprint density at radius 3 is 2.81 bits per heavy atom. The minimum atomic E-state index is -1.84. The maximum absolute atomic E-state index is 14.7. The normalized spacial score (nSPS) is 23.9. The number of hydrogen-bond acceptors (Lipinski definition) is 6. The summed E-state index contributed by atoms with van der Waals surface area (Å²) < 4.78 is 28.2. The Bertz CT molecular complexity index is 1060. The van der Waals surface area contributed by atoms with E-state index in [4.69, 9.17) is 14.0 Å². The van der Waals surface area contributed by atoms with Crippen molar-refractivity contribution in [2.75, 3.05) is 30.1 Å². The molecule has 2 aromatic rings. The molecule has 2 aliphatic rings. The van der Waals surface area contributed by atoms with Crippen LogP contribution in [0.4, 0.5) is 15.8 Å². The van der Waals surface area contributed by atoms with Crippen molar-refractivity contribution < 1.29 is 27.9 Å². The van der Waals surface area contributed by atoms with Crippen molar-refractivity contribution in [2.24, 2.45) is 0 Å². The second kappa shape index (κ2) is 7.77. The Labute approximate surface area is 181 Å². The van der Waals surface area contributed by atoms with Crippen molar-refractivity contribution in [3.63, 3.8) is 0 Å². The Kier molecular flexibility index (Phi) is 5.40. The molecule has 0 aliphatic carbocycles. The molecular weight excluding hydrogens is 425 g/mol. The molecule has 0 spiro atoms. The number of anilines is 2. The number of carbonyl (C=O) groups is 2. The van der Waals surface area contributed by atoms with E-state index in [2.05, 4.69) is 9.71 Å². The maximum atomic E-state index is 14.7. The van der Waals surface area contributed by atoms with Gasteiger partial charge in [0.15, 0.2) is 5.82 Å². The fourth-order valence-corrected chi connectivity index (χ4v) is 4.99. The molecule has 0 bridgehead atoms. The van der Waals surface area contributed by atoms with E-state index in [1.54, 1.807) is 39.0 Å². The van der Waals surface area contributed by atoms with Crippen LogP contribution >= 0.6 is 10.5 Å². The highest BCUT2D eigenvalue weighted by Gasteiger charge is 2.46. The first kappa shape index (κ1) is 21.5. The number of aromatic nitrogens is 1. The molecule has 1 aromatic carbocycles. The SMILES string of the molecule is CCOc1cc(N2C(=O)C(C)(C)c3cc(C(=O)NS4(C)CCOO4)ccc32)c(F)cn1. The zero-order valence-electron chi connectivity index (χ0n) is 17.7. The van der Waals surface area contributed by atoms with Crippen molar-refractivity contribution >= 4 is 33.7 Å². The van der Waals surface area contributed by atoms with Crippen LogP contribution in [0.2, 0.25) is 0 Å². The molecule has 1 unspecified atom stereocenters. The van der Waals surface area contributed by atoms with Gasteiger partial charge >= 0.3 is 0 Å². The largest absolute Gasteiger partial charge is 0.478 e. The van der Waals surface area contributed by atoms with Gasteiger partial charge < -0.3 is 4.74 Å². The number of ether oxygens (including phenoxy) is 1. The van der Waals surface area contributed by atoms with E-state index in [0.29, 0.717) is 35.8 Å². The van der Waals surface area contributed by atoms with E-state index in [9.17, 15) is 14.0 Å². The molecule has 1 N–H and O–H groups in total. The van der Waals surface area contributed by atoms with E-state index in [0.717, 1.165) is 6.20 Å². The van der Waals surface area contributed by atoms with Gasteiger partial charge in [0.1, 0.15) is 0 Å². The molecule has 10 heteroatoms. The number of fused-ring (bicyclic) bond motifs is 1. The van der Waals surface area contributed by atoms with Crippen molar-refractivity contribution in [3.8, 4) is 5.88 Å². The van der Waals surface area contributed by atoms with Gasteiger partial charge in [0.25, 0.3) is 5.91 Å². The van der Waals surface area contributed by atoms with Gasteiger partial charge in [-0.2, -0.15) is 4.33 Å². The molecule has 2 amide bonds. The van der Waals surface area contributed by atoms with Crippen molar-refractivity contribution in [3.05, 3.63) is 47.4 Å². The van der Waals surface area contributed by atoms with E-state index in [1.807, 2.05) is 6.26 Å². The number of halogens is 1. The number of rotatable bonds is 5. The third-order valence-electron chi connectivity index (χ3n) is 5.32. The van der Waals surface area contributed by atoms with Crippen LogP contribution in [0.25, 0.3) is 0 Å². The summed E-state index contributed by atoms with van der Waals surface area (Å²) in [6.07, 6.45) is 2.84. The monoisotopic (exact) mass is 449 g/mol. The lowest BCUT2D eigenvalue weighted by Gasteiger charge is -2.27. The number of carbonyl (C=O) groups excluding carboxylic acids is 2. The van der Waals surface area contributed by atoms with Gasteiger partial charge in [0, 0.05) is 23.6 Å². The van der Waals surface area contributed by atoms with E-state index in [1.165, 1.54) is 11.0 Å². The van der Waals surface area contributed by atoms with Crippen LogP contribution in [0.5, 0.6) is 5.88 Å². The standard InChI is InChI=1S/C21H24FN3O5S/c1-5-28-18-11-17(15(22)12-23-18)25-16-7-6-13(10-14(16)21(2,3)20(25)27)19(26)24-31(4)9-8-29-30-31/h6-7,10-12H,5,8-9H2,1-4H3,(H,24,26). The summed E-state index contributed by atoms with van der Waals surface area (Å²) in [5.74, 6) is -0.439. The zero-order chi connectivity index (χ0) is 22.4. The molecule has 1 saturated heterocycles. The summed E-state index contributed by atoms with van der Waals surface area (Å²) in [6.45, 7) is 6.08. The summed E-state index contributed by atoms with van der Waals surface area (Å²) in [5, 5.41) is 0. The zero-order valence-corrected chi connectivity index (χ0v) is 18.5. The quantitative estimate of drug-likeness (QED) is 0.703.